The number of alkyl halides is 3. The molecule has 0 atom stereocenters. The summed E-state index contributed by atoms with van der Waals surface area (Å²) in [7, 11) is 1.86. The van der Waals surface area contributed by atoms with Crippen molar-refractivity contribution in [2.24, 2.45) is 7.05 Å². The minimum Gasteiger partial charge on any atom is -0.299 e. The molecule has 0 bridgehead atoms. The predicted molar refractivity (Wildman–Crippen MR) is 159 cm³/mol. The highest BCUT2D eigenvalue weighted by Crippen LogP contribution is 2.34. The van der Waals surface area contributed by atoms with Gasteiger partial charge in [-0.2, -0.15) is 18.3 Å². The van der Waals surface area contributed by atoms with E-state index in [-0.39, 0.29) is 29.9 Å². The average molecular weight is 582 g/mol. The molecular weight excluding hydrogens is 551 g/mol. The summed E-state index contributed by atoms with van der Waals surface area (Å²) in [6.45, 7) is 3.76. The second-order valence-electron chi connectivity index (χ2n) is 11.0. The van der Waals surface area contributed by atoms with E-state index < -0.39 is 11.7 Å². The maximum Gasteiger partial charge on any atom is 0.416 e. The van der Waals surface area contributed by atoms with Crippen molar-refractivity contribution in [1.29, 1.82) is 0 Å². The Balaban J connectivity index is 1.20. The third-order valence-corrected chi connectivity index (χ3v) is 7.85. The van der Waals surface area contributed by atoms with Crippen LogP contribution in [0.2, 0.25) is 0 Å². The van der Waals surface area contributed by atoms with E-state index in [0.29, 0.717) is 5.56 Å². The average Bonchev–Trinajstić information content (AvgIpc) is 3.74. The normalized spacial score (nSPS) is 13.8. The van der Waals surface area contributed by atoms with Crippen molar-refractivity contribution >= 4 is 16.8 Å². The second-order valence-corrected chi connectivity index (χ2v) is 11.0. The molecule has 0 radical (unpaired) electrons. The van der Waals surface area contributed by atoms with Crippen LogP contribution in [-0.4, -0.2) is 43.1 Å². The molecule has 6 rings (SSSR count). The first kappa shape index (κ1) is 28.4. The van der Waals surface area contributed by atoms with E-state index in [0.717, 1.165) is 65.4 Å². The maximum atomic E-state index is 13.9. The smallest absolute Gasteiger partial charge is 0.299 e. The number of Topliss-reactive ketones (excluding diaryl/α,β-unsaturated/α-hetero) is 1. The number of hydrogen-bond donors (Lipinski definition) is 0. The quantitative estimate of drug-likeness (QED) is 0.170. The van der Waals surface area contributed by atoms with Gasteiger partial charge >= 0.3 is 6.18 Å². The molecule has 0 aliphatic carbocycles. The van der Waals surface area contributed by atoms with Crippen LogP contribution in [0.4, 0.5) is 13.2 Å². The number of halogens is 3. The Bertz CT molecular complexity index is 1880. The highest BCUT2D eigenvalue weighted by molar-refractivity contribution is 5.97. The van der Waals surface area contributed by atoms with Gasteiger partial charge in [0.05, 0.1) is 28.5 Å². The van der Waals surface area contributed by atoms with E-state index in [1.165, 1.54) is 12.1 Å². The lowest BCUT2D eigenvalue weighted by Crippen LogP contribution is -2.21. The Morgan fingerprint density at radius 1 is 1.00 bits per heavy atom. The number of imidazole rings is 1. The van der Waals surface area contributed by atoms with Crippen LogP contribution in [0.3, 0.4) is 0 Å². The standard InChI is InChI=1S/C34H30F3N5O/c1-23-5-6-25(17-33(43)27-10-11-28(20-41-13-3-4-14-41)30(18-27)34(35,36)37)15-26(23)9-7-24-8-12-32-31(16-24)38-22-42(32)29-19-39-40(2)21-29/h5-6,8,10-12,15-16,18-19,21-22H,3-4,13-14,17,20H2,1-2H3. The summed E-state index contributed by atoms with van der Waals surface area (Å²) in [6.07, 6.45) is 2.88. The number of nitrogens with zero attached hydrogens (tertiary/aromatic N) is 5. The molecule has 0 spiro atoms. The first-order valence-electron chi connectivity index (χ1n) is 14.2. The number of carbonyl (C=O) groups is 1. The number of aromatic nitrogens is 4. The number of fused-ring (bicyclic) bond motifs is 1. The first-order valence-corrected chi connectivity index (χ1v) is 14.2. The van der Waals surface area contributed by atoms with E-state index in [4.69, 9.17) is 0 Å². The van der Waals surface area contributed by atoms with Crippen LogP contribution in [0.1, 0.15) is 56.6 Å². The molecule has 9 heteroatoms. The van der Waals surface area contributed by atoms with Gasteiger partial charge in [0.15, 0.2) is 5.78 Å². The molecule has 218 valence electrons. The van der Waals surface area contributed by atoms with Gasteiger partial charge in [-0.25, -0.2) is 4.98 Å². The predicted octanol–water partition coefficient (Wildman–Crippen LogP) is 6.51. The van der Waals surface area contributed by atoms with Crippen LogP contribution in [0.25, 0.3) is 16.7 Å². The third-order valence-electron chi connectivity index (χ3n) is 7.85. The number of rotatable bonds is 6. The van der Waals surface area contributed by atoms with E-state index in [9.17, 15) is 18.0 Å². The number of carbonyl (C=O) groups excluding carboxylic acids is 1. The van der Waals surface area contributed by atoms with Crippen LogP contribution in [0.15, 0.2) is 73.3 Å². The van der Waals surface area contributed by atoms with E-state index in [1.54, 1.807) is 17.2 Å². The molecule has 2 aromatic heterocycles. The Morgan fingerprint density at radius 2 is 1.81 bits per heavy atom. The third kappa shape index (κ3) is 6.25. The second kappa shape index (κ2) is 11.5. The molecule has 0 unspecified atom stereocenters. The molecule has 1 aliphatic heterocycles. The minimum absolute atomic E-state index is 0.0184. The zero-order valence-corrected chi connectivity index (χ0v) is 23.9. The fourth-order valence-corrected chi connectivity index (χ4v) is 5.50. The SMILES string of the molecule is Cc1ccc(CC(=O)c2ccc(CN3CCCC3)c(C(F)(F)F)c2)cc1C#Cc1ccc2c(c1)ncn2-c1cnn(C)c1. The lowest BCUT2D eigenvalue weighted by Gasteiger charge is -2.19. The molecule has 0 amide bonds. The van der Waals surface area contributed by atoms with Gasteiger partial charge in [0.25, 0.3) is 0 Å². The highest BCUT2D eigenvalue weighted by atomic mass is 19.4. The number of ketones is 1. The van der Waals surface area contributed by atoms with Gasteiger partial charge in [0.1, 0.15) is 6.33 Å². The van der Waals surface area contributed by atoms with Crippen molar-refractivity contribution in [2.45, 2.75) is 38.9 Å². The van der Waals surface area contributed by atoms with Crippen molar-refractivity contribution in [1.82, 2.24) is 24.2 Å². The van der Waals surface area contributed by atoms with Crippen molar-refractivity contribution in [3.05, 3.63) is 112 Å². The van der Waals surface area contributed by atoms with Gasteiger partial charge in [-0.1, -0.05) is 36.1 Å². The van der Waals surface area contributed by atoms with Crippen LogP contribution in [-0.2, 0) is 26.2 Å². The summed E-state index contributed by atoms with van der Waals surface area (Å²) >= 11 is 0. The van der Waals surface area contributed by atoms with Gasteiger partial charge in [0.2, 0.25) is 0 Å². The molecule has 6 nitrogen and oxygen atoms in total. The first-order chi connectivity index (χ1) is 20.6. The topological polar surface area (TPSA) is 56.0 Å². The fourth-order valence-electron chi connectivity index (χ4n) is 5.50. The summed E-state index contributed by atoms with van der Waals surface area (Å²) in [5.41, 5.74) is 5.37. The number of hydrogen-bond acceptors (Lipinski definition) is 4. The Morgan fingerprint density at radius 3 is 2.56 bits per heavy atom. The summed E-state index contributed by atoms with van der Waals surface area (Å²) in [5, 5.41) is 4.22. The monoisotopic (exact) mass is 581 g/mol. The molecule has 43 heavy (non-hydrogen) atoms. The zero-order chi connectivity index (χ0) is 30.1. The van der Waals surface area contributed by atoms with Crippen molar-refractivity contribution < 1.29 is 18.0 Å². The van der Waals surface area contributed by atoms with Crippen LogP contribution >= 0.6 is 0 Å². The summed E-state index contributed by atoms with van der Waals surface area (Å²) in [5.74, 6) is 6.02. The van der Waals surface area contributed by atoms with Crippen molar-refractivity contribution in [3.63, 3.8) is 0 Å². The lowest BCUT2D eigenvalue weighted by atomic mass is 9.96. The summed E-state index contributed by atoms with van der Waals surface area (Å²) < 4.78 is 45.5. The molecule has 1 saturated heterocycles. The maximum absolute atomic E-state index is 13.9. The molecule has 1 aliphatic rings. The van der Waals surface area contributed by atoms with Crippen LogP contribution < -0.4 is 0 Å². The van der Waals surface area contributed by atoms with E-state index in [2.05, 4.69) is 21.9 Å². The Kier molecular flexibility index (Phi) is 7.63. The minimum atomic E-state index is -4.53. The molecular formula is C34H30F3N5O. The van der Waals surface area contributed by atoms with Gasteiger partial charge in [0, 0.05) is 42.9 Å². The highest BCUT2D eigenvalue weighted by Gasteiger charge is 2.34. The van der Waals surface area contributed by atoms with Crippen molar-refractivity contribution in [2.75, 3.05) is 13.1 Å². The van der Waals surface area contributed by atoms with E-state index in [1.807, 2.05) is 66.0 Å². The fraction of sp³-hybridized carbons (Fsp3) is 0.265. The van der Waals surface area contributed by atoms with Crippen LogP contribution in [0.5, 0.6) is 0 Å². The molecule has 3 heterocycles. The van der Waals surface area contributed by atoms with Gasteiger partial charge in [-0.05, 0) is 79.9 Å². The zero-order valence-electron chi connectivity index (χ0n) is 23.9. The van der Waals surface area contributed by atoms with Gasteiger partial charge in [-0.3, -0.25) is 18.9 Å². The number of aryl methyl sites for hydroxylation is 2. The molecule has 1 fully saturated rings. The van der Waals surface area contributed by atoms with Crippen molar-refractivity contribution in [3.8, 4) is 17.5 Å². The molecule has 0 saturated carbocycles. The molecule has 3 aromatic carbocycles. The number of likely N-dealkylation sites (tertiary alicyclic amines) is 1. The number of benzene rings is 3. The van der Waals surface area contributed by atoms with Gasteiger partial charge in [-0.15, -0.1) is 0 Å². The van der Waals surface area contributed by atoms with Gasteiger partial charge < -0.3 is 0 Å². The largest absolute Gasteiger partial charge is 0.416 e. The van der Waals surface area contributed by atoms with Crippen LogP contribution in [0, 0.1) is 18.8 Å². The molecule has 0 N–H and O–H groups in total. The summed E-state index contributed by atoms with van der Waals surface area (Å²) in [6, 6.07) is 15.3. The summed E-state index contributed by atoms with van der Waals surface area (Å²) in [4.78, 5) is 19.7. The Labute approximate surface area is 247 Å². The van der Waals surface area contributed by atoms with E-state index >= 15 is 0 Å². The lowest BCUT2D eigenvalue weighted by molar-refractivity contribution is -0.138. The Hall–Kier alpha value is -4.68. The molecule has 5 aromatic rings.